The molecule has 0 radical (unpaired) electrons. The first-order chi connectivity index (χ1) is 20.9. The van der Waals surface area contributed by atoms with E-state index in [9.17, 15) is 41.8 Å². The van der Waals surface area contributed by atoms with Crippen molar-refractivity contribution in [2.75, 3.05) is 18.3 Å². The van der Waals surface area contributed by atoms with Crippen LogP contribution in [0.1, 0.15) is 11.3 Å². The number of allylic oxidation sites excluding steroid dienone is 1. The van der Waals surface area contributed by atoms with Crippen molar-refractivity contribution in [3.8, 4) is 0 Å². The van der Waals surface area contributed by atoms with E-state index in [1.165, 1.54) is 40.8 Å². The molecule has 44 heavy (non-hydrogen) atoms. The number of halogens is 4. The Kier molecular flexibility index (Phi) is 9.00. The SMILES string of the molecule is Nc1nc(C(=NOCF)C(=O)NC2C(=O)N3C(C(=O)O)=C(C=CSc4cc(=O)c5c(C(F)(F)F)cccc5s4)CS[C@@H]23)cs1. The van der Waals surface area contributed by atoms with Gasteiger partial charge in [-0.2, -0.15) is 13.2 Å². The quantitative estimate of drug-likeness (QED) is 0.0985. The van der Waals surface area contributed by atoms with Crippen molar-refractivity contribution >= 4 is 84.9 Å². The molecule has 2 aliphatic heterocycles. The number of amides is 2. The Morgan fingerprint density at radius 1 is 1.32 bits per heavy atom. The number of thioether (sulfide) groups is 2. The maximum Gasteiger partial charge on any atom is 0.417 e. The Balaban J connectivity index is 1.33. The number of β-lactam (4-membered cyclic amide) rings is 1. The molecule has 1 fully saturated rings. The van der Waals surface area contributed by atoms with Crippen molar-refractivity contribution in [1.29, 1.82) is 0 Å². The van der Waals surface area contributed by atoms with Gasteiger partial charge in [0.15, 0.2) is 16.3 Å². The number of nitrogen functional groups attached to an aromatic ring is 1. The summed E-state index contributed by atoms with van der Waals surface area (Å²) in [6, 6.07) is 3.41. The van der Waals surface area contributed by atoms with E-state index in [1.807, 2.05) is 0 Å². The fourth-order valence-electron chi connectivity index (χ4n) is 4.34. The molecule has 2 aliphatic rings. The highest BCUT2D eigenvalue weighted by atomic mass is 32.2. The molecule has 1 saturated heterocycles. The van der Waals surface area contributed by atoms with Crippen LogP contribution in [0.4, 0.5) is 22.7 Å². The van der Waals surface area contributed by atoms with Gasteiger partial charge in [-0.25, -0.2) is 14.2 Å². The topological polar surface area (TPSA) is 164 Å². The average Bonchev–Trinajstić information content (AvgIpc) is 3.40. The van der Waals surface area contributed by atoms with Crippen molar-refractivity contribution < 1.29 is 41.9 Å². The van der Waals surface area contributed by atoms with Crippen LogP contribution in [0.15, 0.2) is 66.6 Å². The van der Waals surface area contributed by atoms with Crippen LogP contribution in [0.5, 0.6) is 0 Å². The third kappa shape index (κ3) is 6.17. The van der Waals surface area contributed by atoms with Crippen molar-refractivity contribution in [1.82, 2.24) is 15.2 Å². The number of fused-ring (bicyclic) bond motifs is 2. The first kappa shape index (κ1) is 31.5. The largest absolute Gasteiger partial charge is 0.477 e. The molecule has 2 atom stereocenters. The van der Waals surface area contributed by atoms with Crippen molar-refractivity contribution in [2.24, 2.45) is 5.16 Å². The summed E-state index contributed by atoms with van der Waals surface area (Å²) in [4.78, 5) is 59.9. The minimum Gasteiger partial charge on any atom is -0.477 e. The minimum atomic E-state index is -4.69. The van der Waals surface area contributed by atoms with E-state index in [1.54, 1.807) is 0 Å². The highest BCUT2D eigenvalue weighted by Crippen LogP contribution is 2.41. The Hall–Kier alpha value is -3.94. The second-order valence-electron chi connectivity index (χ2n) is 8.82. The maximum atomic E-state index is 13.4. The lowest BCUT2D eigenvalue weighted by atomic mass is 10.0. The summed E-state index contributed by atoms with van der Waals surface area (Å²) in [6.45, 7) is -1.33. The first-order valence-corrected chi connectivity index (χ1v) is 15.7. The lowest BCUT2D eigenvalue weighted by Gasteiger charge is -2.49. The zero-order chi connectivity index (χ0) is 31.8. The van der Waals surface area contributed by atoms with Gasteiger partial charge in [0, 0.05) is 21.9 Å². The molecule has 19 heteroatoms. The fraction of sp³-hybridized carbons (Fsp3) is 0.200. The fourth-order valence-corrected chi connectivity index (χ4v) is 8.21. The molecule has 3 aromatic rings. The summed E-state index contributed by atoms with van der Waals surface area (Å²) >= 11 is 4.14. The summed E-state index contributed by atoms with van der Waals surface area (Å²) < 4.78 is 53.1. The normalized spacial score (nSPS) is 18.9. The third-order valence-corrected chi connectivity index (χ3v) is 10.2. The zero-order valence-electron chi connectivity index (χ0n) is 21.7. The van der Waals surface area contributed by atoms with Gasteiger partial charge in [-0.1, -0.05) is 23.0 Å². The van der Waals surface area contributed by atoms with Gasteiger partial charge in [-0.15, -0.1) is 34.4 Å². The molecule has 1 aromatic carbocycles. The predicted molar refractivity (Wildman–Crippen MR) is 158 cm³/mol. The van der Waals surface area contributed by atoms with E-state index < -0.39 is 64.3 Å². The number of benzene rings is 1. The second kappa shape index (κ2) is 12.6. The van der Waals surface area contributed by atoms with E-state index in [2.05, 4.69) is 20.3 Å². The molecule has 0 saturated carbocycles. The molecule has 5 rings (SSSR count). The van der Waals surface area contributed by atoms with Gasteiger partial charge >= 0.3 is 12.1 Å². The van der Waals surface area contributed by atoms with Crippen molar-refractivity contribution in [3.05, 3.63) is 73.9 Å². The standard InChI is InChI=1S/C25H17F4N5O6S4/c26-9-40-33-17(12-8-43-24(30)31-12)20(36)32-18-21(37)34-19(23(38)39)10(7-42-22(18)34)4-5-41-15-6-13(35)16-11(25(27,28)29)2-1-3-14(16)44-15/h1-6,8,18,22H,7,9H2,(H2,30,31)(H,32,36)(H,38,39)/t18?,22-/m0/s1. The van der Waals surface area contributed by atoms with Crippen LogP contribution in [0.2, 0.25) is 0 Å². The lowest BCUT2D eigenvalue weighted by Crippen LogP contribution is -2.71. The van der Waals surface area contributed by atoms with Gasteiger partial charge in [0.2, 0.25) is 0 Å². The van der Waals surface area contributed by atoms with E-state index in [-0.39, 0.29) is 32.5 Å². The van der Waals surface area contributed by atoms with E-state index in [4.69, 9.17) is 5.73 Å². The monoisotopic (exact) mass is 687 g/mol. The number of nitrogens with one attached hydrogen (secondary N) is 1. The number of carbonyl (C=O) groups excluding carboxylic acids is 2. The molecule has 2 aromatic heterocycles. The van der Waals surface area contributed by atoms with Crippen LogP contribution < -0.4 is 16.5 Å². The Morgan fingerprint density at radius 2 is 2.09 bits per heavy atom. The summed E-state index contributed by atoms with van der Waals surface area (Å²) in [5.41, 5.74) is 3.27. The molecule has 1 unspecified atom stereocenters. The number of thiazole rings is 1. The van der Waals surface area contributed by atoms with Crippen molar-refractivity contribution in [2.45, 2.75) is 21.8 Å². The van der Waals surface area contributed by atoms with Gasteiger partial charge in [-0.3, -0.25) is 19.3 Å². The van der Waals surface area contributed by atoms with Crippen LogP contribution in [-0.4, -0.2) is 62.5 Å². The lowest BCUT2D eigenvalue weighted by molar-refractivity contribution is -0.150. The Morgan fingerprint density at radius 3 is 2.75 bits per heavy atom. The van der Waals surface area contributed by atoms with Crippen LogP contribution in [0, 0.1) is 0 Å². The van der Waals surface area contributed by atoms with Gasteiger partial charge in [0.1, 0.15) is 22.8 Å². The van der Waals surface area contributed by atoms with Crippen LogP contribution in [0.3, 0.4) is 0 Å². The highest BCUT2D eigenvalue weighted by molar-refractivity contribution is 8.04. The Labute approximate surface area is 260 Å². The number of rotatable bonds is 9. The number of aliphatic carboxylic acids is 1. The number of carboxylic acid groups (broad SMARTS) is 1. The number of oxime groups is 1. The third-order valence-electron chi connectivity index (χ3n) is 6.16. The zero-order valence-corrected chi connectivity index (χ0v) is 24.9. The van der Waals surface area contributed by atoms with E-state index in [0.717, 1.165) is 51.5 Å². The number of anilines is 1. The second-order valence-corrected chi connectivity index (χ2v) is 13.1. The summed E-state index contributed by atoms with van der Waals surface area (Å²) in [5.74, 6) is -2.91. The van der Waals surface area contributed by atoms with Crippen LogP contribution in [-0.2, 0) is 25.4 Å². The maximum absolute atomic E-state index is 13.4. The highest BCUT2D eigenvalue weighted by Gasteiger charge is 2.54. The van der Waals surface area contributed by atoms with E-state index >= 15 is 0 Å². The molecule has 230 valence electrons. The Bertz CT molecular complexity index is 1820. The van der Waals surface area contributed by atoms with Gasteiger partial charge in [0.25, 0.3) is 18.7 Å². The summed E-state index contributed by atoms with van der Waals surface area (Å²) in [5, 5.41) is 17.5. The van der Waals surface area contributed by atoms with Crippen molar-refractivity contribution in [3.63, 3.8) is 0 Å². The predicted octanol–water partition coefficient (Wildman–Crippen LogP) is 4.01. The summed E-state index contributed by atoms with van der Waals surface area (Å²) in [6.07, 6.45) is -3.25. The number of alkyl halides is 4. The van der Waals surface area contributed by atoms with Crippen LogP contribution in [0.25, 0.3) is 10.1 Å². The number of hydrogen-bond acceptors (Lipinski definition) is 12. The average molecular weight is 688 g/mol. The molecule has 0 spiro atoms. The molecular weight excluding hydrogens is 671 g/mol. The molecule has 0 aliphatic carbocycles. The number of hydrogen-bond donors (Lipinski definition) is 3. The molecule has 0 bridgehead atoms. The summed E-state index contributed by atoms with van der Waals surface area (Å²) in [7, 11) is 0. The molecular formula is C25H17F4N5O6S4. The minimum absolute atomic E-state index is 0.00774. The van der Waals surface area contributed by atoms with Gasteiger partial charge in [-0.05, 0) is 29.2 Å². The van der Waals surface area contributed by atoms with Crippen LogP contribution >= 0.6 is 46.2 Å². The van der Waals surface area contributed by atoms with Gasteiger partial charge in [0.05, 0.1) is 15.2 Å². The molecule has 11 nitrogen and oxygen atoms in total. The molecule has 4 N–H and O–H groups in total. The molecule has 4 heterocycles. The molecule has 2 amide bonds. The number of nitrogens with two attached hydrogens (primary N) is 1. The smallest absolute Gasteiger partial charge is 0.417 e. The number of aromatic nitrogens is 1. The number of nitrogens with zero attached hydrogens (tertiary/aromatic N) is 3. The number of carboxylic acids is 1. The van der Waals surface area contributed by atoms with Gasteiger partial charge < -0.3 is 21.0 Å². The van der Waals surface area contributed by atoms with E-state index in [0.29, 0.717) is 4.21 Å². The first-order valence-electron chi connectivity index (χ1n) is 12.1. The number of carbonyl (C=O) groups is 3.